The number of rotatable bonds is 6. The van der Waals surface area contributed by atoms with Crippen molar-refractivity contribution in [1.29, 1.82) is 0 Å². The van der Waals surface area contributed by atoms with Gasteiger partial charge in [0.2, 0.25) is 10.0 Å². The summed E-state index contributed by atoms with van der Waals surface area (Å²) in [6, 6.07) is 5.27. The van der Waals surface area contributed by atoms with E-state index in [4.69, 9.17) is 4.74 Å². The molecule has 0 aromatic heterocycles. The summed E-state index contributed by atoms with van der Waals surface area (Å²) in [7, 11) is -1.51. The summed E-state index contributed by atoms with van der Waals surface area (Å²) in [5, 5.41) is 2.81. The molecule has 1 saturated heterocycles. The van der Waals surface area contributed by atoms with E-state index in [9.17, 15) is 13.2 Å². The first-order chi connectivity index (χ1) is 11.9. The van der Waals surface area contributed by atoms with E-state index in [-0.39, 0.29) is 11.2 Å². The molecule has 0 unspecified atom stereocenters. The Morgan fingerprint density at radius 3 is 2.56 bits per heavy atom. The maximum Gasteiger partial charge on any atom is 0.252 e. The molecule has 1 heterocycles. The van der Waals surface area contributed by atoms with Gasteiger partial charge in [-0.1, -0.05) is 0 Å². The quantitative estimate of drug-likeness (QED) is 0.751. The molecule has 1 saturated carbocycles. The molecular formula is C17H23BrN2O4S. The molecule has 138 valence electrons. The van der Waals surface area contributed by atoms with Gasteiger partial charge in [0.15, 0.2) is 0 Å². The van der Waals surface area contributed by atoms with Crippen molar-refractivity contribution in [2.45, 2.75) is 30.9 Å². The van der Waals surface area contributed by atoms with Crippen LogP contribution in [0.2, 0.25) is 0 Å². The number of carbonyl (C=O) groups is 1. The third-order valence-electron chi connectivity index (χ3n) is 4.85. The van der Waals surface area contributed by atoms with Gasteiger partial charge in [-0.05, 0) is 65.7 Å². The summed E-state index contributed by atoms with van der Waals surface area (Å²) in [4.78, 5) is 12.4. The number of benzene rings is 1. The number of hydrogen-bond acceptors (Lipinski definition) is 4. The highest BCUT2D eigenvalue weighted by atomic mass is 79.9. The summed E-state index contributed by atoms with van der Waals surface area (Å²) >= 11 is 3.39. The zero-order valence-electron chi connectivity index (χ0n) is 14.2. The molecule has 1 aliphatic heterocycles. The van der Waals surface area contributed by atoms with Crippen molar-refractivity contribution in [3.05, 3.63) is 28.2 Å². The lowest BCUT2D eigenvalue weighted by atomic mass is 9.98. The van der Waals surface area contributed by atoms with Crippen LogP contribution in [0.15, 0.2) is 22.7 Å². The predicted octanol–water partition coefficient (Wildman–Crippen LogP) is 2.39. The van der Waals surface area contributed by atoms with Crippen LogP contribution in [0.25, 0.3) is 0 Å². The molecule has 0 spiro atoms. The molecule has 0 bridgehead atoms. The van der Waals surface area contributed by atoms with Crippen LogP contribution in [0.3, 0.4) is 0 Å². The Balaban J connectivity index is 1.51. The fourth-order valence-corrected chi connectivity index (χ4v) is 5.38. The lowest BCUT2D eigenvalue weighted by Crippen LogP contribution is -2.42. The van der Waals surface area contributed by atoms with Gasteiger partial charge >= 0.3 is 0 Å². The molecule has 0 atom stereocenters. The lowest BCUT2D eigenvalue weighted by Gasteiger charge is -2.31. The van der Waals surface area contributed by atoms with Gasteiger partial charge in [-0.2, -0.15) is 0 Å². The summed E-state index contributed by atoms with van der Waals surface area (Å²) in [6.45, 7) is 1.67. The highest BCUT2D eigenvalue weighted by Crippen LogP contribution is 2.33. The van der Waals surface area contributed by atoms with Crippen molar-refractivity contribution >= 4 is 31.9 Å². The lowest BCUT2D eigenvalue weighted by molar-refractivity contribution is 0.0940. The van der Waals surface area contributed by atoms with Crippen LogP contribution >= 0.6 is 15.9 Å². The first kappa shape index (κ1) is 18.7. The molecule has 3 rings (SSSR count). The average Bonchev–Trinajstić information content (AvgIpc) is 3.46. The van der Waals surface area contributed by atoms with E-state index in [1.54, 1.807) is 29.6 Å². The van der Waals surface area contributed by atoms with E-state index in [0.717, 1.165) is 30.2 Å². The van der Waals surface area contributed by atoms with Crippen molar-refractivity contribution in [1.82, 2.24) is 9.62 Å². The molecule has 6 nitrogen and oxygen atoms in total. The fraction of sp³-hybridized carbons (Fsp3) is 0.588. The Labute approximate surface area is 157 Å². The third-order valence-corrected chi connectivity index (χ3v) is 7.94. The molecule has 1 N–H and O–H groups in total. The third kappa shape index (κ3) is 4.35. The summed E-state index contributed by atoms with van der Waals surface area (Å²) in [5.41, 5.74) is 0.535. The Bertz CT molecular complexity index is 741. The normalized spacial score (nSPS) is 19.6. The van der Waals surface area contributed by atoms with E-state index >= 15 is 0 Å². The van der Waals surface area contributed by atoms with Gasteiger partial charge in [0.1, 0.15) is 5.75 Å². The minimum Gasteiger partial charge on any atom is -0.497 e. The zero-order valence-corrected chi connectivity index (χ0v) is 16.6. The number of methoxy groups -OCH3 is 1. The molecular weight excluding hydrogens is 408 g/mol. The molecule has 1 aliphatic carbocycles. The number of amides is 1. The smallest absolute Gasteiger partial charge is 0.252 e. The van der Waals surface area contributed by atoms with Crippen molar-refractivity contribution in [3.8, 4) is 5.75 Å². The number of piperidine rings is 1. The van der Waals surface area contributed by atoms with Gasteiger partial charge in [-0.25, -0.2) is 12.7 Å². The van der Waals surface area contributed by atoms with E-state index < -0.39 is 10.0 Å². The molecule has 8 heteroatoms. The van der Waals surface area contributed by atoms with Crippen LogP contribution in [0, 0.1) is 5.92 Å². The van der Waals surface area contributed by atoms with E-state index in [1.807, 2.05) is 0 Å². The van der Waals surface area contributed by atoms with Crippen LogP contribution in [-0.2, 0) is 10.0 Å². The van der Waals surface area contributed by atoms with Gasteiger partial charge in [0, 0.05) is 24.1 Å². The summed E-state index contributed by atoms with van der Waals surface area (Å²) in [5.74, 6) is 0.782. The predicted molar refractivity (Wildman–Crippen MR) is 99.3 cm³/mol. The maximum atomic E-state index is 12.4. The highest BCUT2D eigenvalue weighted by molar-refractivity contribution is 9.10. The Morgan fingerprint density at radius 1 is 1.28 bits per heavy atom. The Morgan fingerprint density at radius 2 is 1.96 bits per heavy atom. The fourth-order valence-electron chi connectivity index (χ4n) is 3.08. The van der Waals surface area contributed by atoms with Crippen LogP contribution in [0.4, 0.5) is 0 Å². The molecule has 1 amide bonds. The van der Waals surface area contributed by atoms with Crippen molar-refractivity contribution in [2.75, 3.05) is 26.7 Å². The Kier molecular flexibility index (Phi) is 5.70. The molecule has 1 aromatic rings. The zero-order chi connectivity index (χ0) is 18.0. The number of sulfonamides is 1. The van der Waals surface area contributed by atoms with Crippen molar-refractivity contribution in [3.63, 3.8) is 0 Å². The largest absolute Gasteiger partial charge is 0.497 e. The number of ether oxygens (including phenoxy) is 1. The van der Waals surface area contributed by atoms with Gasteiger partial charge < -0.3 is 10.1 Å². The summed E-state index contributed by atoms with van der Waals surface area (Å²) in [6.07, 6.45) is 3.17. The minimum absolute atomic E-state index is 0.144. The Hall–Kier alpha value is -1.12. The molecule has 2 fully saturated rings. The van der Waals surface area contributed by atoms with Crippen LogP contribution in [0.5, 0.6) is 5.75 Å². The number of nitrogens with one attached hydrogen (secondary N) is 1. The topological polar surface area (TPSA) is 75.7 Å². The number of carbonyl (C=O) groups excluding carboxylic acids is 1. The molecule has 0 radical (unpaired) electrons. The second kappa shape index (κ2) is 7.63. The first-order valence-electron chi connectivity index (χ1n) is 8.52. The van der Waals surface area contributed by atoms with Gasteiger partial charge in [0.25, 0.3) is 5.91 Å². The second-order valence-corrected chi connectivity index (χ2v) is 9.71. The number of halogens is 1. The number of nitrogens with zero attached hydrogens (tertiary/aromatic N) is 1. The SMILES string of the molecule is COc1ccc(Br)c(C(=O)NCC2CCN(S(=O)(=O)C3CC3)CC2)c1. The standard InChI is InChI=1S/C17H23BrN2O4S/c1-24-13-2-5-16(18)15(10-13)17(21)19-11-12-6-8-20(9-7-12)25(22,23)14-3-4-14/h2,5,10,12,14H,3-4,6-9,11H2,1H3,(H,19,21). The first-order valence-corrected chi connectivity index (χ1v) is 10.8. The van der Waals surface area contributed by atoms with Gasteiger partial charge in [-0.15, -0.1) is 0 Å². The van der Waals surface area contributed by atoms with Crippen LogP contribution < -0.4 is 10.1 Å². The van der Waals surface area contributed by atoms with E-state index in [0.29, 0.717) is 36.9 Å². The highest BCUT2D eigenvalue weighted by Gasteiger charge is 2.41. The van der Waals surface area contributed by atoms with Crippen LogP contribution in [0.1, 0.15) is 36.0 Å². The van der Waals surface area contributed by atoms with Crippen LogP contribution in [-0.4, -0.2) is 50.6 Å². The minimum atomic E-state index is -3.07. The number of hydrogen-bond donors (Lipinski definition) is 1. The van der Waals surface area contributed by atoms with Gasteiger partial charge in [0.05, 0.1) is 17.9 Å². The maximum absolute atomic E-state index is 12.4. The molecule has 25 heavy (non-hydrogen) atoms. The molecule has 1 aromatic carbocycles. The van der Waals surface area contributed by atoms with Crippen molar-refractivity contribution < 1.29 is 17.9 Å². The van der Waals surface area contributed by atoms with E-state index in [2.05, 4.69) is 21.2 Å². The average molecular weight is 431 g/mol. The second-order valence-electron chi connectivity index (χ2n) is 6.64. The van der Waals surface area contributed by atoms with Crippen molar-refractivity contribution in [2.24, 2.45) is 5.92 Å². The van der Waals surface area contributed by atoms with E-state index in [1.165, 1.54) is 0 Å². The summed E-state index contributed by atoms with van der Waals surface area (Å²) < 4.78 is 32.0. The monoisotopic (exact) mass is 430 g/mol. The van der Waals surface area contributed by atoms with Gasteiger partial charge in [-0.3, -0.25) is 4.79 Å². The molecule has 2 aliphatic rings.